The molecule has 1 aromatic heterocycles. The van der Waals surface area contributed by atoms with Crippen LogP contribution in [0.15, 0.2) is 29.4 Å². The van der Waals surface area contributed by atoms with E-state index in [1.54, 1.807) is 17.8 Å². The quantitative estimate of drug-likeness (QED) is 0.756. The number of nitrogens with zero attached hydrogens (tertiary/aromatic N) is 3. The van der Waals surface area contributed by atoms with Crippen LogP contribution in [-0.4, -0.2) is 33.2 Å². The average Bonchev–Trinajstić information content (AvgIpc) is 3.15. The van der Waals surface area contributed by atoms with Crippen molar-refractivity contribution in [3.8, 4) is 5.75 Å². The summed E-state index contributed by atoms with van der Waals surface area (Å²) in [5.41, 5.74) is 0. The summed E-state index contributed by atoms with van der Waals surface area (Å²) in [6.07, 6.45) is 2.62. The number of thioether (sulfide) groups is 1. The predicted octanol–water partition coefficient (Wildman–Crippen LogP) is 3.32. The molecule has 0 radical (unpaired) electrons. The van der Waals surface area contributed by atoms with E-state index in [4.69, 9.17) is 21.1 Å². The number of aromatic nitrogens is 3. The molecule has 118 valence electrons. The van der Waals surface area contributed by atoms with E-state index in [0.29, 0.717) is 23.5 Å². The van der Waals surface area contributed by atoms with E-state index < -0.39 is 0 Å². The van der Waals surface area contributed by atoms with Crippen molar-refractivity contribution in [2.24, 2.45) is 7.05 Å². The Morgan fingerprint density at radius 1 is 1.41 bits per heavy atom. The van der Waals surface area contributed by atoms with Crippen LogP contribution in [0.2, 0.25) is 5.02 Å². The topological polar surface area (TPSA) is 49.2 Å². The maximum Gasteiger partial charge on any atom is 0.191 e. The maximum absolute atomic E-state index is 6.07. The highest BCUT2D eigenvalue weighted by Gasteiger charge is 2.18. The monoisotopic (exact) mass is 339 g/mol. The lowest BCUT2D eigenvalue weighted by atomic mass is 10.3. The number of benzene rings is 1. The minimum Gasteiger partial charge on any atom is -0.484 e. The Kier molecular flexibility index (Phi) is 5.23. The number of para-hydroxylation sites is 1. The Morgan fingerprint density at radius 2 is 2.27 bits per heavy atom. The normalized spacial score (nSPS) is 17.8. The molecule has 0 N–H and O–H groups in total. The van der Waals surface area contributed by atoms with E-state index in [9.17, 15) is 0 Å². The van der Waals surface area contributed by atoms with Gasteiger partial charge in [-0.15, -0.1) is 10.2 Å². The first-order chi connectivity index (χ1) is 10.7. The van der Waals surface area contributed by atoms with E-state index in [1.807, 2.05) is 29.8 Å². The van der Waals surface area contributed by atoms with Gasteiger partial charge in [0.05, 0.1) is 11.1 Å². The van der Waals surface area contributed by atoms with Gasteiger partial charge in [-0.25, -0.2) is 0 Å². The van der Waals surface area contributed by atoms with Gasteiger partial charge in [0.1, 0.15) is 12.4 Å². The molecule has 3 rings (SSSR count). The maximum atomic E-state index is 6.07. The van der Waals surface area contributed by atoms with Gasteiger partial charge in [-0.3, -0.25) is 0 Å². The highest BCUT2D eigenvalue weighted by atomic mass is 35.5. The molecule has 1 unspecified atom stereocenters. The zero-order valence-corrected chi connectivity index (χ0v) is 13.9. The molecule has 0 bridgehead atoms. The van der Waals surface area contributed by atoms with Gasteiger partial charge in [0.15, 0.2) is 11.0 Å². The summed E-state index contributed by atoms with van der Waals surface area (Å²) >= 11 is 7.74. The first-order valence-electron chi connectivity index (χ1n) is 7.24. The van der Waals surface area contributed by atoms with Crippen molar-refractivity contribution in [1.29, 1.82) is 0 Å². The molecule has 2 heterocycles. The molecular formula is C15H18ClN3O2S. The van der Waals surface area contributed by atoms with Crippen LogP contribution < -0.4 is 4.74 Å². The number of halogens is 1. The van der Waals surface area contributed by atoms with Crippen LogP contribution >= 0.6 is 23.4 Å². The molecule has 0 aliphatic carbocycles. The average molecular weight is 340 g/mol. The Labute approximate surface area is 139 Å². The largest absolute Gasteiger partial charge is 0.484 e. The number of hydrogen-bond acceptors (Lipinski definition) is 5. The molecule has 5 nitrogen and oxygen atoms in total. The van der Waals surface area contributed by atoms with Crippen LogP contribution in [0.25, 0.3) is 0 Å². The summed E-state index contributed by atoms with van der Waals surface area (Å²) in [4.78, 5) is 0. The molecule has 1 aliphatic rings. The van der Waals surface area contributed by atoms with Crippen molar-refractivity contribution in [2.75, 3.05) is 12.4 Å². The van der Waals surface area contributed by atoms with Crippen molar-refractivity contribution in [2.45, 2.75) is 30.7 Å². The molecule has 0 spiro atoms. The second-order valence-electron chi connectivity index (χ2n) is 5.12. The lowest BCUT2D eigenvalue weighted by molar-refractivity contribution is 0.129. The first kappa shape index (κ1) is 15.6. The van der Waals surface area contributed by atoms with Crippen molar-refractivity contribution < 1.29 is 9.47 Å². The van der Waals surface area contributed by atoms with E-state index in [0.717, 1.165) is 36.2 Å². The highest BCUT2D eigenvalue weighted by molar-refractivity contribution is 7.99. The summed E-state index contributed by atoms with van der Waals surface area (Å²) < 4.78 is 13.3. The van der Waals surface area contributed by atoms with Gasteiger partial charge in [0, 0.05) is 19.4 Å². The molecule has 0 saturated carbocycles. The Bertz CT molecular complexity index is 629. The van der Waals surface area contributed by atoms with Crippen molar-refractivity contribution >= 4 is 23.4 Å². The smallest absolute Gasteiger partial charge is 0.191 e. The number of rotatable bonds is 6. The molecule has 1 aliphatic heterocycles. The van der Waals surface area contributed by atoms with Gasteiger partial charge in [0.25, 0.3) is 0 Å². The minimum atomic E-state index is 0.338. The third kappa shape index (κ3) is 3.74. The second-order valence-corrected chi connectivity index (χ2v) is 6.52. The van der Waals surface area contributed by atoms with Gasteiger partial charge in [0.2, 0.25) is 0 Å². The summed E-state index contributed by atoms with van der Waals surface area (Å²) in [7, 11) is 1.95. The lowest BCUT2D eigenvalue weighted by Gasteiger charge is -2.09. The molecule has 1 aromatic carbocycles. The van der Waals surface area contributed by atoms with Gasteiger partial charge < -0.3 is 14.0 Å². The molecule has 0 amide bonds. The van der Waals surface area contributed by atoms with Crippen molar-refractivity contribution in [3.63, 3.8) is 0 Å². The van der Waals surface area contributed by atoms with E-state index in [-0.39, 0.29) is 0 Å². The number of ether oxygens (including phenoxy) is 2. The lowest BCUT2D eigenvalue weighted by Crippen LogP contribution is -2.09. The Morgan fingerprint density at radius 3 is 3.05 bits per heavy atom. The van der Waals surface area contributed by atoms with Crippen LogP contribution in [0.1, 0.15) is 18.7 Å². The van der Waals surface area contributed by atoms with Gasteiger partial charge in [-0.2, -0.15) is 0 Å². The van der Waals surface area contributed by atoms with Crippen LogP contribution in [0.4, 0.5) is 0 Å². The summed E-state index contributed by atoms with van der Waals surface area (Å²) in [6.45, 7) is 1.22. The molecule has 7 heteroatoms. The van der Waals surface area contributed by atoms with Gasteiger partial charge in [-0.05, 0) is 25.0 Å². The standard InChI is InChI=1S/C15H18ClN3O2S/c1-19-14(9-21-13-7-3-2-6-12(13)16)17-18-15(19)22-10-11-5-4-8-20-11/h2-3,6-7,11H,4-5,8-10H2,1H3. The molecule has 22 heavy (non-hydrogen) atoms. The SMILES string of the molecule is Cn1c(COc2ccccc2Cl)nnc1SCC1CCCO1. The van der Waals surface area contributed by atoms with Crippen LogP contribution in [-0.2, 0) is 18.4 Å². The highest BCUT2D eigenvalue weighted by Crippen LogP contribution is 2.25. The molecular weight excluding hydrogens is 322 g/mol. The van der Waals surface area contributed by atoms with Gasteiger partial charge in [-0.1, -0.05) is 35.5 Å². The zero-order chi connectivity index (χ0) is 15.4. The number of hydrogen-bond donors (Lipinski definition) is 0. The van der Waals surface area contributed by atoms with Crippen LogP contribution in [0.3, 0.4) is 0 Å². The van der Waals surface area contributed by atoms with E-state index >= 15 is 0 Å². The Hall–Kier alpha value is -1.24. The zero-order valence-electron chi connectivity index (χ0n) is 12.4. The fraction of sp³-hybridized carbons (Fsp3) is 0.467. The molecule has 1 fully saturated rings. The first-order valence-corrected chi connectivity index (χ1v) is 8.60. The van der Waals surface area contributed by atoms with Crippen LogP contribution in [0, 0.1) is 0 Å². The second kappa shape index (κ2) is 7.35. The van der Waals surface area contributed by atoms with Crippen molar-refractivity contribution in [1.82, 2.24) is 14.8 Å². The van der Waals surface area contributed by atoms with E-state index in [2.05, 4.69) is 10.2 Å². The summed E-state index contributed by atoms with van der Waals surface area (Å²) in [5.74, 6) is 2.34. The molecule has 1 atom stereocenters. The van der Waals surface area contributed by atoms with Crippen molar-refractivity contribution in [3.05, 3.63) is 35.1 Å². The third-order valence-corrected chi connectivity index (χ3v) is 5.01. The Balaban J connectivity index is 1.57. The third-order valence-electron chi connectivity index (χ3n) is 3.54. The fourth-order valence-corrected chi connectivity index (χ4v) is 3.43. The van der Waals surface area contributed by atoms with Gasteiger partial charge >= 0.3 is 0 Å². The predicted molar refractivity (Wildman–Crippen MR) is 86.5 cm³/mol. The minimum absolute atomic E-state index is 0.338. The fourth-order valence-electron chi connectivity index (χ4n) is 2.24. The van der Waals surface area contributed by atoms with Crippen LogP contribution in [0.5, 0.6) is 5.75 Å². The summed E-state index contributed by atoms with van der Waals surface area (Å²) in [5, 5.41) is 9.89. The van der Waals surface area contributed by atoms with E-state index in [1.165, 1.54) is 0 Å². The molecule has 2 aromatic rings. The molecule has 1 saturated heterocycles. The summed E-state index contributed by atoms with van der Waals surface area (Å²) in [6, 6.07) is 7.40.